The second-order valence-corrected chi connectivity index (χ2v) is 5.39. The van der Waals surface area contributed by atoms with Gasteiger partial charge < -0.3 is 15.5 Å². The van der Waals surface area contributed by atoms with Gasteiger partial charge in [0.05, 0.1) is 12.8 Å². The number of carbonyl (C=O) groups excluding carboxylic acids is 2. The monoisotopic (exact) mass is 323 g/mol. The standard InChI is InChI=1S/C18H17N3O3/c1-11(22)21(14-5-3-13(19)4-6-14)18(23)17-10-12-9-15(24-2)7-8-16(12)20-17/h3-10,20H,19H2,1-2H3. The minimum absolute atomic E-state index is 0.324. The van der Waals surface area contributed by atoms with Crippen molar-refractivity contribution >= 4 is 34.1 Å². The lowest BCUT2D eigenvalue weighted by atomic mass is 10.2. The number of hydrogen-bond acceptors (Lipinski definition) is 4. The van der Waals surface area contributed by atoms with Gasteiger partial charge in [0.1, 0.15) is 11.4 Å². The molecule has 1 aromatic heterocycles. The van der Waals surface area contributed by atoms with Gasteiger partial charge in [-0.1, -0.05) is 0 Å². The Hall–Kier alpha value is -3.28. The molecule has 0 bridgehead atoms. The predicted molar refractivity (Wildman–Crippen MR) is 93.2 cm³/mol. The van der Waals surface area contributed by atoms with E-state index >= 15 is 0 Å². The Bertz CT molecular complexity index is 913. The lowest BCUT2D eigenvalue weighted by Crippen LogP contribution is -2.35. The summed E-state index contributed by atoms with van der Waals surface area (Å²) in [6, 6.07) is 13.7. The van der Waals surface area contributed by atoms with E-state index in [1.165, 1.54) is 6.92 Å². The fourth-order valence-corrected chi connectivity index (χ4v) is 2.54. The third-order valence-electron chi connectivity index (χ3n) is 3.73. The highest BCUT2D eigenvalue weighted by atomic mass is 16.5. The maximum Gasteiger partial charge on any atom is 0.281 e. The third-order valence-corrected chi connectivity index (χ3v) is 3.73. The summed E-state index contributed by atoms with van der Waals surface area (Å²) in [6.07, 6.45) is 0. The molecule has 0 saturated carbocycles. The Morgan fingerprint density at radius 3 is 2.42 bits per heavy atom. The van der Waals surface area contributed by atoms with Gasteiger partial charge in [0.15, 0.2) is 0 Å². The van der Waals surface area contributed by atoms with Gasteiger partial charge in [-0.3, -0.25) is 9.59 Å². The molecule has 6 nitrogen and oxygen atoms in total. The molecule has 2 aromatic carbocycles. The van der Waals surface area contributed by atoms with E-state index in [9.17, 15) is 9.59 Å². The zero-order chi connectivity index (χ0) is 17.3. The molecule has 0 saturated heterocycles. The first kappa shape index (κ1) is 15.6. The molecule has 2 amide bonds. The van der Waals surface area contributed by atoms with E-state index in [4.69, 9.17) is 10.5 Å². The molecular formula is C18H17N3O3. The van der Waals surface area contributed by atoms with Gasteiger partial charge in [0, 0.05) is 23.5 Å². The van der Waals surface area contributed by atoms with E-state index in [0.29, 0.717) is 22.8 Å². The molecule has 3 aromatic rings. The van der Waals surface area contributed by atoms with Crippen LogP contribution < -0.4 is 15.4 Å². The zero-order valence-corrected chi connectivity index (χ0v) is 13.4. The smallest absolute Gasteiger partial charge is 0.281 e. The van der Waals surface area contributed by atoms with Crippen LogP contribution in [0.25, 0.3) is 10.9 Å². The largest absolute Gasteiger partial charge is 0.497 e. The second kappa shape index (κ2) is 6.08. The first-order valence-electron chi connectivity index (χ1n) is 7.37. The molecule has 0 aliphatic carbocycles. The maximum atomic E-state index is 12.8. The number of hydrogen-bond donors (Lipinski definition) is 2. The molecule has 0 radical (unpaired) electrons. The van der Waals surface area contributed by atoms with Crippen molar-refractivity contribution in [2.45, 2.75) is 6.92 Å². The molecule has 122 valence electrons. The van der Waals surface area contributed by atoms with E-state index < -0.39 is 5.91 Å². The molecule has 0 aliphatic rings. The number of benzene rings is 2. The molecule has 0 atom stereocenters. The SMILES string of the molecule is COc1ccc2[nH]c(C(=O)N(C(C)=O)c3ccc(N)cc3)cc2c1. The van der Waals surface area contributed by atoms with Gasteiger partial charge in [0.2, 0.25) is 5.91 Å². The van der Waals surface area contributed by atoms with E-state index in [2.05, 4.69) is 4.98 Å². The number of amides is 2. The van der Waals surface area contributed by atoms with Crippen LogP contribution in [0.4, 0.5) is 11.4 Å². The fourth-order valence-electron chi connectivity index (χ4n) is 2.54. The van der Waals surface area contributed by atoms with Crippen LogP contribution in [0.2, 0.25) is 0 Å². The number of aromatic amines is 1. The number of aromatic nitrogens is 1. The molecule has 0 spiro atoms. The normalized spacial score (nSPS) is 10.6. The zero-order valence-electron chi connectivity index (χ0n) is 13.4. The highest BCUT2D eigenvalue weighted by Gasteiger charge is 2.23. The number of carbonyl (C=O) groups is 2. The van der Waals surface area contributed by atoms with Crippen LogP contribution in [-0.2, 0) is 4.79 Å². The molecule has 0 fully saturated rings. The molecule has 6 heteroatoms. The number of anilines is 2. The van der Waals surface area contributed by atoms with Crippen LogP contribution in [0.5, 0.6) is 5.75 Å². The van der Waals surface area contributed by atoms with E-state index in [-0.39, 0.29) is 5.91 Å². The van der Waals surface area contributed by atoms with Gasteiger partial charge in [0.25, 0.3) is 5.91 Å². The molecule has 1 heterocycles. The average Bonchev–Trinajstić information content (AvgIpc) is 2.99. The van der Waals surface area contributed by atoms with Crippen molar-refractivity contribution in [2.75, 3.05) is 17.7 Å². The van der Waals surface area contributed by atoms with Gasteiger partial charge >= 0.3 is 0 Å². The van der Waals surface area contributed by atoms with Crippen molar-refractivity contribution in [3.63, 3.8) is 0 Å². The van der Waals surface area contributed by atoms with Crippen molar-refractivity contribution in [3.8, 4) is 5.75 Å². The Morgan fingerprint density at radius 2 is 1.79 bits per heavy atom. The molecule has 24 heavy (non-hydrogen) atoms. The van der Waals surface area contributed by atoms with Crippen molar-refractivity contribution in [2.24, 2.45) is 0 Å². The van der Waals surface area contributed by atoms with Crippen LogP contribution in [0, 0.1) is 0 Å². The number of ether oxygens (including phenoxy) is 1. The van der Waals surface area contributed by atoms with Gasteiger partial charge in [-0.2, -0.15) is 0 Å². The number of fused-ring (bicyclic) bond motifs is 1. The summed E-state index contributed by atoms with van der Waals surface area (Å²) in [5.74, 6) is -0.106. The van der Waals surface area contributed by atoms with Crippen molar-refractivity contribution in [1.29, 1.82) is 0 Å². The van der Waals surface area contributed by atoms with Crippen molar-refractivity contribution in [1.82, 2.24) is 4.98 Å². The molecule has 3 N–H and O–H groups in total. The lowest BCUT2D eigenvalue weighted by Gasteiger charge is -2.18. The number of rotatable bonds is 3. The van der Waals surface area contributed by atoms with E-state index in [1.54, 1.807) is 43.5 Å². The number of nitrogens with two attached hydrogens (primary N) is 1. The number of nitrogens with one attached hydrogen (secondary N) is 1. The summed E-state index contributed by atoms with van der Waals surface area (Å²) in [4.78, 5) is 29.0. The Labute approximate surface area is 138 Å². The first-order valence-corrected chi connectivity index (χ1v) is 7.37. The number of methoxy groups -OCH3 is 1. The molecule has 0 aliphatic heterocycles. The summed E-state index contributed by atoms with van der Waals surface area (Å²) >= 11 is 0. The second-order valence-electron chi connectivity index (χ2n) is 5.39. The predicted octanol–water partition coefficient (Wildman–Crippen LogP) is 2.95. The maximum absolute atomic E-state index is 12.8. The molecule has 3 rings (SSSR count). The highest BCUT2D eigenvalue weighted by Crippen LogP contribution is 2.24. The first-order chi connectivity index (χ1) is 11.5. The summed E-state index contributed by atoms with van der Waals surface area (Å²) in [5, 5.41) is 0.832. The number of imide groups is 1. The van der Waals surface area contributed by atoms with Crippen LogP contribution in [0.15, 0.2) is 48.5 Å². The minimum atomic E-state index is -0.428. The summed E-state index contributed by atoms with van der Waals surface area (Å²) < 4.78 is 5.18. The summed E-state index contributed by atoms with van der Waals surface area (Å²) in [5.41, 5.74) is 7.81. The summed E-state index contributed by atoms with van der Waals surface area (Å²) in [6.45, 7) is 1.35. The fraction of sp³-hybridized carbons (Fsp3) is 0.111. The topological polar surface area (TPSA) is 88.4 Å². The molecular weight excluding hydrogens is 306 g/mol. The van der Waals surface area contributed by atoms with Crippen molar-refractivity contribution < 1.29 is 14.3 Å². The van der Waals surface area contributed by atoms with E-state index in [0.717, 1.165) is 15.8 Å². The van der Waals surface area contributed by atoms with Gasteiger partial charge in [-0.15, -0.1) is 0 Å². The number of nitrogen functional groups attached to an aromatic ring is 1. The van der Waals surface area contributed by atoms with Gasteiger partial charge in [-0.05, 0) is 48.5 Å². The van der Waals surface area contributed by atoms with Crippen LogP contribution in [0.1, 0.15) is 17.4 Å². The molecule has 0 unspecified atom stereocenters. The summed E-state index contributed by atoms with van der Waals surface area (Å²) in [7, 11) is 1.58. The third kappa shape index (κ3) is 2.81. The van der Waals surface area contributed by atoms with Crippen LogP contribution >= 0.6 is 0 Å². The highest BCUT2D eigenvalue weighted by molar-refractivity contribution is 6.20. The lowest BCUT2D eigenvalue weighted by molar-refractivity contribution is -0.115. The number of nitrogens with zero attached hydrogens (tertiary/aromatic N) is 1. The van der Waals surface area contributed by atoms with Gasteiger partial charge in [-0.25, -0.2) is 4.90 Å². The quantitative estimate of drug-likeness (QED) is 0.725. The number of H-pyrrole nitrogens is 1. The Morgan fingerprint density at radius 1 is 1.08 bits per heavy atom. The minimum Gasteiger partial charge on any atom is -0.497 e. The average molecular weight is 323 g/mol. The van der Waals surface area contributed by atoms with Crippen LogP contribution in [0.3, 0.4) is 0 Å². The van der Waals surface area contributed by atoms with E-state index in [1.807, 2.05) is 12.1 Å². The Kier molecular flexibility index (Phi) is 3.95. The van der Waals surface area contributed by atoms with Crippen molar-refractivity contribution in [3.05, 3.63) is 54.2 Å². The Balaban J connectivity index is 2.01. The van der Waals surface area contributed by atoms with Crippen LogP contribution in [-0.4, -0.2) is 23.9 Å².